The number of Topliss-reactive ketones (excluding diaryl/α,β-unsaturated/α-hetero) is 1. The van der Waals surface area contributed by atoms with Crippen LogP contribution in [0.5, 0.6) is 5.75 Å². The maximum absolute atomic E-state index is 11.8. The number of hydrogen-bond acceptors (Lipinski definition) is 4. The number of ether oxygens (including phenoxy) is 2. The first-order valence-electron chi connectivity index (χ1n) is 7.09. The summed E-state index contributed by atoms with van der Waals surface area (Å²) in [5.41, 5.74) is 0.499. The highest BCUT2D eigenvalue weighted by molar-refractivity contribution is 6.05. The molecule has 4 nitrogen and oxygen atoms in total. The van der Waals surface area contributed by atoms with Gasteiger partial charge in [-0.1, -0.05) is 19.8 Å². The lowest BCUT2D eigenvalue weighted by Gasteiger charge is -2.06. The maximum Gasteiger partial charge on any atom is 0.313 e. The largest absolute Gasteiger partial charge is 0.494 e. The summed E-state index contributed by atoms with van der Waals surface area (Å²) in [6.45, 7) is 4.83. The molecule has 0 aliphatic rings. The number of carbonyl (C=O) groups is 2. The van der Waals surface area contributed by atoms with Crippen molar-refractivity contribution in [3.63, 3.8) is 0 Å². The molecule has 0 spiro atoms. The number of carbonyl (C=O) groups excluding carboxylic acids is 2. The van der Waals surface area contributed by atoms with Crippen LogP contribution < -0.4 is 4.74 Å². The fourth-order valence-corrected chi connectivity index (χ4v) is 1.72. The van der Waals surface area contributed by atoms with E-state index in [0.29, 0.717) is 12.2 Å². The zero-order valence-corrected chi connectivity index (χ0v) is 12.2. The van der Waals surface area contributed by atoms with Crippen molar-refractivity contribution in [2.75, 3.05) is 13.2 Å². The molecule has 0 N–H and O–H groups in total. The number of hydrogen-bond donors (Lipinski definition) is 0. The topological polar surface area (TPSA) is 52.6 Å². The molecule has 0 fully saturated rings. The van der Waals surface area contributed by atoms with E-state index in [1.165, 1.54) is 0 Å². The van der Waals surface area contributed by atoms with E-state index in [2.05, 4.69) is 6.92 Å². The van der Waals surface area contributed by atoms with Crippen molar-refractivity contribution in [3.8, 4) is 5.75 Å². The van der Waals surface area contributed by atoms with E-state index >= 15 is 0 Å². The average Bonchev–Trinajstić information content (AvgIpc) is 2.44. The van der Waals surface area contributed by atoms with Gasteiger partial charge in [-0.05, 0) is 37.6 Å². The molecular formula is C16H22O4. The highest BCUT2D eigenvalue weighted by atomic mass is 16.5. The predicted molar refractivity (Wildman–Crippen MR) is 77.0 cm³/mol. The van der Waals surface area contributed by atoms with Gasteiger partial charge in [0.1, 0.15) is 12.2 Å². The third-order valence-electron chi connectivity index (χ3n) is 2.80. The number of rotatable bonds is 9. The molecule has 0 saturated carbocycles. The Morgan fingerprint density at radius 3 is 2.35 bits per heavy atom. The molecule has 4 heteroatoms. The lowest BCUT2D eigenvalue weighted by Crippen LogP contribution is -2.11. The van der Waals surface area contributed by atoms with Crippen molar-refractivity contribution in [3.05, 3.63) is 29.8 Å². The fourth-order valence-electron chi connectivity index (χ4n) is 1.72. The maximum atomic E-state index is 11.8. The summed E-state index contributed by atoms with van der Waals surface area (Å²) in [5, 5.41) is 0. The van der Waals surface area contributed by atoms with Gasteiger partial charge in [0.15, 0.2) is 5.78 Å². The van der Waals surface area contributed by atoms with Crippen LogP contribution in [0.1, 0.15) is 49.9 Å². The highest BCUT2D eigenvalue weighted by Crippen LogP contribution is 2.14. The van der Waals surface area contributed by atoms with Crippen molar-refractivity contribution in [1.82, 2.24) is 0 Å². The van der Waals surface area contributed by atoms with Crippen LogP contribution in [0.25, 0.3) is 0 Å². The summed E-state index contributed by atoms with van der Waals surface area (Å²) >= 11 is 0. The van der Waals surface area contributed by atoms with Crippen LogP contribution in [-0.2, 0) is 9.53 Å². The second kappa shape index (κ2) is 9.13. The summed E-state index contributed by atoms with van der Waals surface area (Å²) in [6.07, 6.45) is 3.12. The molecule has 0 amide bonds. The Morgan fingerprint density at radius 1 is 1.05 bits per heavy atom. The van der Waals surface area contributed by atoms with Crippen LogP contribution in [0.15, 0.2) is 24.3 Å². The predicted octanol–water partition coefficient (Wildman–Crippen LogP) is 3.39. The first-order chi connectivity index (χ1) is 9.67. The molecule has 0 bridgehead atoms. The van der Waals surface area contributed by atoms with Gasteiger partial charge in [-0.3, -0.25) is 9.59 Å². The van der Waals surface area contributed by atoms with Crippen molar-refractivity contribution in [2.45, 2.75) is 39.5 Å². The first kappa shape index (κ1) is 16.2. The number of benzene rings is 1. The van der Waals surface area contributed by atoms with E-state index in [0.717, 1.165) is 25.0 Å². The van der Waals surface area contributed by atoms with Gasteiger partial charge >= 0.3 is 5.97 Å². The normalized spacial score (nSPS) is 10.1. The Labute approximate surface area is 120 Å². The van der Waals surface area contributed by atoms with E-state index in [9.17, 15) is 9.59 Å². The van der Waals surface area contributed by atoms with Crippen LogP contribution in [0, 0.1) is 0 Å². The minimum absolute atomic E-state index is 0.218. The minimum Gasteiger partial charge on any atom is -0.494 e. The molecular weight excluding hydrogens is 256 g/mol. The molecule has 0 atom stereocenters. The summed E-state index contributed by atoms with van der Waals surface area (Å²) in [5.74, 6) is 0.0205. The molecule has 0 saturated heterocycles. The van der Waals surface area contributed by atoms with Gasteiger partial charge in [-0.2, -0.15) is 0 Å². The van der Waals surface area contributed by atoms with E-state index in [4.69, 9.17) is 9.47 Å². The summed E-state index contributed by atoms with van der Waals surface area (Å²) in [6, 6.07) is 6.86. The van der Waals surface area contributed by atoms with Gasteiger partial charge in [-0.15, -0.1) is 0 Å². The third kappa shape index (κ3) is 5.87. The van der Waals surface area contributed by atoms with Crippen molar-refractivity contribution < 1.29 is 19.1 Å². The van der Waals surface area contributed by atoms with Crippen LogP contribution in [-0.4, -0.2) is 25.0 Å². The Morgan fingerprint density at radius 2 is 1.75 bits per heavy atom. The van der Waals surface area contributed by atoms with Crippen LogP contribution in [0.2, 0.25) is 0 Å². The van der Waals surface area contributed by atoms with Crippen LogP contribution in [0.3, 0.4) is 0 Å². The fraction of sp³-hybridized carbons (Fsp3) is 0.500. The van der Waals surface area contributed by atoms with Gasteiger partial charge in [0.25, 0.3) is 0 Å². The molecule has 1 aromatic rings. The zero-order chi connectivity index (χ0) is 14.8. The van der Waals surface area contributed by atoms with E-state index in [-0.39, 0.29) is 18.8 Å². The molecule has 20 heavy (non-hydrogen) atoms. The molecule has 0 aliphatic heterocycles. The second-order valence-electron chi connectivity index (χ2n) is 4.48. The molecule has 0 aromatic heterocycles. The molecule has 0 aliphatic carbocycles. The monoisotopic (exact) mass is 278 g/mol. The van der Waals surface area contributed by atoms with E-state index < -0.39 is 5.97 Å². The quantitative estimate of drug-likeness (QED) is 0.301. The van der Waals surface area contributed by atoms with Gasteiger partial charge < -0.3 is 9.47 Å². The Hall–Kier alpha value is -1.84. The van der Waals surface area contributed by atoms with Gasteiger partial charge in [0.2, 0.25) is 0 Å². The van der Waals surface area contributed by atoms with Crippen LogP contribution >= 0.6 is 0 Å². The number of unbranched alkanes of at least 4 members (excludes halogenated alkanes) is 2. The zero-order valence-electron chi connectivity index (χ0n) is 12.2. The highest BCUT2D eigenvalue weighted by Gasteiger charge is 2.12. The third-order valence-corrected chi connectivity index (χ3v) is 2.80. The molecule has 1 rings (SSSR count). The Balaban J connectivity index is 2.45. The summed E-state index contributed by atoms with van der Waals surface area (Å²) in [7, 11) is 0. The number of esters is 1. The smallest absolute Gasteiger partial charge is 0.313 e. The SMILES string of the molecule is CCCCCOc1ccc(C(=O)CC(=O)OCC)cc1. The van der Waals surface area contributed by atoms with Crippen LogP contribution in [0.4, 0.5) is 0 Å². The number of ketones is 1. The van der Waals surface area contributed by atoms with E-state index in [1.807, 2.05) is 0 Å². The average molecular weight is 278 g/mol. The van der Waals surface area contributed by atoms with Crippen molar-refractivity contribution in [1.29, 1.82) is 0 Å². The van der Waals surface area contributed by atoms with Gasteiger partial charge in [-0.25, -0.2) is 0 Å². The Kier molecular flexibility index (Phi) is 7.40. The first-order valence-corrected chi connectivity index (χ1v) is 7.09. The van der Waals surface area contributed by atoms with E-state index in [1.54, 1.807) is 31.2 Å². The molecule has 0 unspecified atom stereocenters. The van der Waals surface area contributed by atoms with Crippen molar-refractivity contribution >= 4 is 11.8 Å². The van der Waals surface area contributed by atoms with Gasteiger partial charge in [0.05, 0.1) is 13.2 Å². The molecule has 1 aromatic carbocycles. The minimum atomic E-state index is -0.489. The summed E-state index contributed by atoms with van der Waals surface area (Å²) < 4.78 is 10.3. The lowest BCUT2D eigenvalue weighted by molar-refractivity contribution is -0.141. The molecule has 0 heterocycles. The lowest BCUT2D eigenvalue weighted by atomic mass is 10.1. The summed E-state index contributed by atoms with van der Waals surface area (Å²) in [4.78, 5) is 23.0. The second-order valence-corrected chi connectivity index (χ2v) is 4.48. The molecule has 110 valence electrons. The Bertz CT molecular complexity index is 423. The standard InChI is InChI=1S/C16H22O4/c1-3-5-6-11-20-14-9-7-13(8-10-14)15(17)12-16(18)19-4-2/h7-10H,3-6,11-12H2,1-2H3. The van der Waals surface area contributed by atoms with Crippen molar-refractivity contribution in [2.24, 2.45) is 0 Å². The molecule has 0 radical (unpaired) electrons. The van der Waals surface area contributed by atoms with Gasteiger partial charge in [0, 0.05) is 5.56 Å².